The van der Waals surface area contributed by atoms with Crippen LogP contribution in [0.5, 0.6) is 0 Å². The van der Waals surface area contributed by atoms with Gasteiger partial charge in [0.2, 0.25) is 11.8 Å². The van der Waals surface area contributed by atoms with E-state index in [0.29, 0.717) is 6.04 Å². The quantitative estimate of drug-likeness (QED) is 0.851. The summed E-state index contributed by atoms with van der Waals surface area (Å²) in [5, 5.41) is 0. The van der Waals surface area contributed by atoms with Gasteiger partial charge in [-0.15, -0.1) is 0 Å². The number of hydrogen-bond donors (Lipinski definition) is 1. The third kappa shape index (κ3) is 3.96. The summed E-state index contributed by atoms with van der Waals surface area (Å²) in [4.78, 5) is 28.0. The van der Waals surface area contributed by atoms with Crippen LogP contribution in [0.25, 0.3) is 0 Å². The molecule has 2 aliphatic rings. The van der Waals surface area contributed by atoms with Gasteiger partial charge in [-0.1, -0.05) is 19.3 Å². The van der Waals surface area contributed by atoms with E-state index in [4.69, 9.17) is 5.73 Å². The molecule has 0 radical (unpaired) electrons. The fourth-order valence-corrected chi connectivity index (χ4v) is 3.67. The molecule has 1 saturated carbocycles. The Balaban J connectivity index is 1.86. The molecule has 2 rings (SSSR count). The molecule has 1 aliphatic heterocycles. The lowest BCUT2D eigenvalue weighted by atomic mass is 9.93. The summed E-state index contributed by atoms with van der Waals surface area (Å²) in [6, 6.07) is 0.322. The van der Waals surface area contributed by atoms with Crippen LogP contribution in [0.1, 0.15) is 51.9 Å². The largest absolute Gasteiger partial charge is 0.369 e. The number of nitrogens with zero attached hydrogens (tertiary/aromatic N) is 2. The van der Waals surface area contributed by atoms with E-state index in [-0.39, 0.29) is 23.8 Å². The van der Waals surface area contributed by atoms with Crippen LogP contribution in [0.4, 0.5) is 0 Å². The minimum absolute atomic E-state index is 0.0142. The zero-order valence-electron chi connectivity index (χ0n) is 13.4. The van der Waals surface area contributed by atoms with Gasteiger partial charge in [0, 0.05) is 19.0 Å². The highest BCUT2D eigenvalue weighted by molar-refractivity contribution is 5.81. The van der Waals surface area contributed by atoms with Crippen LogP contribution in [0, 0.1) is 5.92 Å². The summed E-state index contributed by atoms with van der Waals surface area (Å²) in [6.45, 7) is 3.57. The lowest BCUT2D eigenvalue weighted by Gasteiger charge is -2.38. The molecule has 0 aromatic rings. The van der Waals surface area contributed by atoms with Crippen LogP contribution >= 0.6 is 0 Å². The number of likely N-dealkylation sites (tertiary alicyclic amines) is 1. The highest BCUT2D eigenvalue weighted by Gasteiger charge is 2.32. The molecular weight excluding hydrogens is 266 g/mol. The van der Waals surface area contributed by atoms with Crippen molar-refractivity contribution in [3.63, 3.8) is 0 Å². The first-order valence-electron chi connectivity index (χ1n) is 8.30. The molecule has 0 spiro atoms. The Hall–Kier alpha value is -1.10. The average Bonchev–Trinajstić information content (AvgIpc) is 2.53. The Bertz CT molecular complexity index is 372. The lowest BCUT2D eigenvalue weighted by molar-refractivity contribution is -0.138. The first-order valence-corrected chi connectivity index (χ1v) is 8.30. The lowest BCUT2D eigenvalue weighted by Crippen LogP contribution is -2.52. The number of likely N-dealkylation sites (N-methyl/N-ethyl adjacent to an activating group) is 1. The molecule has 0 unspecified atom stereocenters. The average molecular weight is 295 g/mol. The molecule has 21 heavy (non-hydrogen) atoms. The Morgan fingerprint density at radius 3 is 2.19 bits per heavy atom. The molecule has 1 heterocycles. The highest BCUT2D eigenvalue weighted by Crippen LogP contribution is 2.24. The monoisotopic (exact) mass is 295 g/mol. The summed E-state index contributed by atoms with van der Waals surface area (Å²) >= 11 is 0. The topological polar surface area (TPSA) is 66.6 Å². The van der Waals surface area contributed by atoms with Crippen molar-refractivity contribution in [3.8, 4) is 0 Å². The molecule has 1 saturated heterocycles. The van der Waals surface area contributed by atoms with Gasteiger partial charge >= 0.3 is 0 Å². The van der Waals surface area contributed by atoms with Crippen LogP contribution in [-0.4, -0.2) is 53.8 Å². The van der Waals surface area contributed by atoms with Crippen LogP contribution in [0.3, 0.4) is 0 Å². The first kappa shape index (κ1) is 16.3. The van der Waals surface area contributed by atoms with Gasteiger partial charge in [-0.25, -0.2) is 0 Å². The van der Waals surface area contributed by atoms with Gasteiger partial charge in [-0.05, 0) is 45.7 Å². The number of primary amides is 1. The minimum Gasteiger partial charge on any atom is -0.369 e. The number of hydrogen-bond acceptors (Lipinski definition) is 3. The molecule has 5 heteroatoms. The van der Waals surface area contributed by atoms with Gasteiger partial charge in [0.1, 0.15) is 0 Å². The molecular formula is C16H29N3O2. The Kier molecular flexibility index (Phi) is 5.62. The van der Waals surface area contributed by atoms with Crippen molar-refractivity contribution in [2.45, 2.75) is 64.0 Å². The minimum atomic E-state index is -0.201. The summed E-state index contributed by atoms with van der Waals surface area (Å²) in [5.41, 5.74) is 5.36. The predicted molar refractivity (Wildman–Crippen MR) is 82.6 cm³/mol. The van der Waals surface area contributed by atoms with E-state index in [1.165, 1.54) is 19.3 Å². The molecule has 0 aromatic heterocycles. The van der Waals surface area contributed by atoms with Crippen LogP contribution in [0.2, 0.25) is 0 Å². The van der Waals surface area contributed by atoms with Crippen molar-refractivity contribution in [2.24, 2.45) is 11.7 Å². The van der Waals surface area contributed by atoms with E-state index < -0.39 is 0 Å². The van der Waals surface area contributed by atoms with Gasteiger partial charge in [-0.2, -0.15) is 0 Å². The van der Waals surface area contributed by atoms with Crippen molar-refractivity contribution < 1.29 is 9.59 Å². The van der Waals surface area contributed by atoms with E-state index >= 15 is 0 Å². The molecule has 0 aromatic carbocycles. The number of nitrogens with two attached hydrogens (primary N) is 1. The highest BCUT2D eigenvalue weighted by atomic mass is 16.2. The molecule has 2 amide bonds. The first-order chi connectivity index (χ1) is 10.0. The molecule has 5 nitrogen and oxygen atoms in total. The van der Waals surface area contributed by atoms with Gasteiger partial charge in [0.25, 0.3) is 0 Å². The summed E-state index contributed by atoms with van der Waals surface area (Å²) < 4.78 is 0. The summed E-state index contributed by atoms with van der Waals surface area (Å²) in [7, 11) is 1.95. The number of carbonyl (C=O) groups excluding carboxylic acids is 2. The molecule has 0 bridgehead atoms. The second-order valence-corrected chi connectivity index (χ2v) is 6.63. The van der Waals surface area contributed by atoms with E-state index in [1.807, 2.05) is 18.9 Å². The van der Waals surface area contributed by atoms with Crippen LogP contribution < -0.4 is 5.73 Å². The predicted octanol–water partition coefficient (Wildman–Crippen LogP) is 1.36. The van der Waals surface area contributed by atoms with E-state index in [0.717, 1.165) is 38.8 Å². The van der Waals surface area contributed by atoms with E-state index in [1.54, 1.807) is 0 Å². The fourth-order valence-electron chi connectivity index (χ4n) is 3.67. The van der Waals surface area contributed by atoms with E-state index in [2.05, 4.69) is 4.90 Å². The van der Waals surface area contributed by atoms with Gasteiger partial charge in [-0.3, -0.25) is 14.5 Å². The molecule has 2 fully saturated rings. The third-order valence-electron chi connectivity index (χ3n) is 5.31. The number of rotatable bonds is 4. The second-order valence-electron chi connectivity index (χ2n) is 6.63. The van der Waals surface area contributed by atoms with Gasteiger partial charge in [0.05, 0.1) is 6.04 Å². The van der Waals surface area contributed by atoms with Gasteiger partial charge < -0.3 is 10.6 Å². The van der Waals surface area contributed by atoms with Crippen molar-refractivity contribution in [1.82, 2.24) is 9.80 Å². The van der Waals surface area contributed by atoms with E-state index in [9.17, 15) is 9.59 Å². The Labute approximate surface area is 127 Å². The smallest absolute Gasteiger partial charge is 0.239 e. The maximum absolute atomic E-state index is 12.6. The summed E-state index contributed by atoms with van der Waals surface area (Å²) in [6.07, 6.45) is 7.60. The summed E-state index contributed by atoms with van der Waals surface area (Å²) in [5.74, 6) is 0.00649. The van der Waals surface area contributed by atoms with Crippen molar-refractivity contribution in [1.29, 1.82) is 0 Å². The van der Waals surface area contributed by atoms with Crippen LogP contribution in [-0.2, 0) is 9.59 Å². The maximum atomic E-state index is 12.6. The Morgan fingerprint density at radius 1 is 1.10 bits per heavy atom. The normalized spacial score (nSPS) is 23.7. The number of amides is 2. The molecule has 1 aliphatic carbocycles. The zero-order valence-corrected chi connectivity index (χ0v) is 13.4. The SMILES string of the molecule is C[C@H](C(=O)N(C)C1CCCCC1)N1CCC(C(N)=O)CC1. The standard InChI is InChI=1S/C16H29N3O2/c1-12(19-10-8-13(9-11-19)15(17)20)16(21)18(2)14-6-4-3-5-7-14/h12-14H,3-11H2,1-2H3,(H2,17,20)/t12-/m1/s1. The third-order valence-corrected chi connectivity index (χ3v) is 5.31. The van der Waals surface area contributed by atoms with Crippen molar-refractivity contribution in [2.75, 3.05) is 20.1 Å². The molecule has 1 atom stereocenters. The molecule has 120 valence electrons. The maximum Gasteiger partial charge on any atom is 0.239 e. The number of piperidine rings is 1. The van der Waals surface area contributed by atoms with Gasteiger partial charge in [0.15, 0.2) is 0 Å². The zero-order chi connectivity index (χ0) is 15.4. The van der Waals surface area contributed by atoms with Crippen LogP contribution in [0.15, 0.2) is 0 Å². The number of carbonyl (C=O) groups is 2. The van der Waals surface area contributed by atoms with Crippen molar-refractivity contribution >= 4 is 11.8 Å². The van der Waals surface area contributed by atoms with Crippen molar-refractivity contribution in [3.05, 3.63) is 0 Å². The molecule has 2 N–H and O–H groups in total. The second kappa shape index (κ2) is 7.25. The fraction of sp³-hybridized carbons (Fsp3) is 0.875. The Morgan fingerprint density at radius 2 is 1.67 bits per heavy atom.